The van der Waals surface area contributed by atoms with Crippen LogP contribution >= 0.6 is 35.4 Å². The molecule has 30 heavy (non-hydrogen) atoms. The molecule has 6 nitrogen and oxygen atoms in total. The van der Waals surface area contributed by atoms with Crippen molar-refractivity contribution < 1.29 is 0 Å². The molecule has 1 saturated heterocycles. The molecule has 156 valence electrons. The first-order chi connectivity index (χ1) is 14.4. The van der Waals surface area contributed by atoms with Crippen LogP contribution in [0.25, 0.3) is 10.9 Å². The summed E-state index contributed by atoms with van der Waals surface area (Å²) >= 11 is 18.0. The van der Waals surface area contributed by atoms with E-state index in [0.29, 0.717) is 27.3 Å². The summed E-state index contributed by atoms with van der Waals surface area (Å²) in [6.45, 7) is 6.58. The van der Waals surface area contributed by atoms with Crippen LogP contribution in [0.3, 0.4) is 0 Å². The number of anilines is 2. The zero-order valence-electron chi connectivity index (χ0n) is 16.7. The lowest BCUT2D eigenvalue weighted by molar-refractivity contribution is 0.226. The molecule has 1 aliphatic heterocycles. The number of benzene rings is 1. The molecule has 0 bridgehead atoms. The third-order valence-electron chi connectivity index (χ3n) is 5.27. The molecule has 0 aliphatic carbocycles. The number of rotatable bonds is 3. The molecular formula is C21H22Cl2N6S. The van der Waals surface area contributed by atoms with E-state index in [0.717, 1.165) is 36.2 Å². The Morgan fingerprint density at radius 1 is 1.13 bits per heavy atom. The van der Waals surface area contributed by atoms with Crippen LogP contribution < -0.4 is 10.2 Å². The van der Waals surface area contributed by atoms with Crippen molar-refractivity contribution in [3.8, 4) is 0 Å². The van der Waals surface area contributed by atoms with E-state index in [1.165, 1.54) is 0 Å². The highest BCUT2D eigenvalue weighted by molar-refractivity contribution is 7.80. The summed E-state index contributed by atoms with van der Waals surface area (Å²) in [5.41, 5.74) is 1.89. The molecule has 1 aromatic carbocycles. The van der Waals surface area contributed by atoms with Gasteiger partial charge in [-0.1, -0.05) is 43.1 Å². The average Bonchev–Trinajstić information content (AvgIpc) is 2.73. The Hall–Kier alpha value is -2.22. The number of nitrogens with one attached hydrogen (secondary N) is 1. The molecule has 1 unspecified atom stereocenters. The van der Waals surface area contributed by atoms with E-state index in [4.69, 9.17) is 35.4 Å². The fourth-order valence-electron chi connectivity index (χ4n) is 3.73. The summed E-state index contributed by atoms with van der Waals surface area (Å²) in [5, 5.41) is 5.87. The van der Waals surface area contributed by atoms with Gasteiger partial charge in [0, 0.05) is 43.0 Å². The Bertz CT molecular complexity index is 1050. The van der Waals surface area contributed by atoms with Gasteiger partial charge in [0.1, 0.15) is 10.3 Å². The van der Waals surface area contributed by atoms with Crippen LogP contribution in [-0.4, -0.2) is 50.6 Å². The maximum Gasteiger partial charge on any atom is 0.228 e. The normalized spacial score (nSPS) is 16.9. The van der Waals surface area contributed by atoms with Gasteiger partial charge in [0.25, 0.3) is 0 Å². The summed E-state index contributed by atoms with van der Waals surface area (Å²) < 4.78 is 0. The van der Waals surface area contributed by atoms with Gasteiger partial charge in [-0.25, -0.2) is 9.97 Å². The van der Waals surface area contributed by atoms with Gasteiger partial charge < -0.3 is 15.1 Å². The molecule has 1 aliphatic rings. The van der Waals surface area contributed by atoms with Gasteiger partial charge in [-0.15, -0.1) is 0 Å². The molecule has 1 N–H and O–H groups in total. The van der Waals surface area contributed by atoms with E-state index in [1.54, 1.807) is 12.3 Å². The molecule has 2 aromatic heterocycles. The second-order valence-electron chi connectivity index (χ2n) is 7.57. The molecule has 9 heteroatoms. The molecule has 1 fully saturated rings. The molecular weight excluding hydrogens is 439 g/mol. The number of nitrogens with zero attached hydrogens (tertiary/aromatic N) is 5. The first-order valence-corrected chi connectivity index (χ1v) is 10.9. The number of hydrogen-bond donors (Lipinski definition) is 1. The monoisotopic (exact) mass is 460 g/mol. The smallest absolute Gasteiger partial charge is 0.228 e. The van der Waals surface area contributed by atoms with Crippen molar-refractivity contribution in [2.45, 2.75) is 19.9 Å². The van der Waals surface area contributed by atoms with Crippen LogP contribution in [0.1, 0.15) is 13.8 Å². The standard InChI is InChI=1S/C21H22Cl2N6S/c1-13(2)17-12-28(20-26-18(22)11-19(23)27-20)9-10-29(17)21(30)25-16-7-3-6-15-14(16)5-4-8-24-15/h3-8,11,13,17H,9-10,12H2,1-2H3,(H,25,30). The number of fused-ring (bicyclic) bond motifs is 1. The molecule has 1 atom stereocenters. The molecule has 0 amide bonds. The number of hydrogen-bond acceptors (Lipinski definition) is 5. The van der Waals surface area contributed by atoms with Crippen molar-refractivity contribution in [1.82, 2.24) is 19.9 Å². The number of halogens is 2. The van der Waals surface area contributed by atoms with Crippen molar-refractivity contribution in [3.63, 3.8) is 0 Å². The number of piperazine rings is 1. The second-order valence-corrected chi connectivity index (χ2v) is 8.73. The number of aromatic nitrogens is 3. The van der Waals surface area contributed by atoms with Gasteiger partial charge in [-0.2, -0.15) is 0 Å². The fraction of sp³-hybridized carbons (Fsp3) is 0.333. The summed E-state index contributed by atoms with van der Waals surface area (Å²) in [7, 11) is 0. The lowest BCUT2D eigenvalue weighted by Crippen LogP contribution is -2.58. The van der Waals surface area contributed by atoms with E-state index in [-0.39, 0.29) is 6.04 Å². The van der Waals surface area contributed by atoms with E-state index in [1.807, 2.05) is 30.3 Å². The van der Waals surface area contributed by atoms with Crippen LogP contribution in [0.15, 0.2) is 42.6 Å². The first-order valence-electron chi connectivity index (χ1n) is 9.79. The minimum absolute atomic E-state index is 0.188. The summed E-state index contributed by atoms with van der Waals surface area (Å²) in [4.78, 5) is 17.5. The maximum atomic E-state index is 6.08. The van der Waals surface area contributed by atoms with Crippen LogP contribution in [-0.2, 0) is 0 Å². The van der Waals surface area contributed by atoms with Gasteiger partial charge in [-0.05, 0) is 42.4 Å². The predicted molar refractivity (Wildman–Crippen MR) is 128 cm³/mol. The van der Waals surface area contributed by atoms with Crippen LogP contribution in [0, 0.1) is 5.92 Å². The zero-order chi connectivity index (χ0) is 21.3. The summed E-state index contributed by atoms with van der Waals surface area (Å²) in [6, 6.07) is 11.7. The van der Waals surface area contributed by atoms with Crippen LogP contribution in [0.2, 0.25) is 10.3 Å². The summed E-state index contributed by atoms with van der Waals surface area (Å²) in [6.07, 6.45) is 1.79. The van der Waals surface area contributed by atoms with Crippen molar-refractivity contribution in [2.75, 3.05) is 29.9 Å². The highest BCUT2D eigenvalue weighted by Gasteiger charge is 2.32. The molecule has 3 heterocycles. The second kappa shape index (κ2) is 8.88. The summed E-state index contributed by atoms with van der Waals surface area (Å²) in [5.74, 6) is 0.924. The van der Waals surface area contributed by atoms with Gasteiger partial charge in [-0.3, -0.25) is 4.98 Å². The van der Waals surface area contributed by atoms with Gasteiger partial charge in [0.2, 0.25) is 5.95 Å². The first kappa shape index (κ1) is 21.0. The largest absolute Gasteiger partial charge is 0.342 e. The third-order valence-corrected chi connectivity index (χ3v) is 5.99. The highest BCUT2D eigenvalue weighted by atomic mass is 35.5. The molecule has 0 saturated carbocycles. The van der Waals surface area contributed by atoms with E-state index >= 15 is 0 Å². The van der Waals surface area contributed by atoms with Crippen molar-refractivity contribution in [2.24, 2.45) is 5.92 Å². The maximum absolute atomic E-state index is 6.08. The Labute approximate surface area is 191 Å². The fourth-order valence-corrected chi connectivity index (χ4v) is 4.48. The van der Waals surface area contributed by atoms with Crippen LogP contribution in [0.4, 0.5) is 11.6 Å². The third kappa shape index (κ3) is 4.43. The van der Waals surface area contributed by atoms with Crippen molar-refractivity contribution in [3.05, 3.63) is 52.9 Å². The lowest BCUT2D eigenvalue weighted by Gasteiger charge is -2.44. The zero-order valence-corrected chi connectivity index (χ0v) is 19.0. The van der Waals surface area contributed by atoms with Crippen molar-refractivity contribution in [1.29, 1.82) is 0 Å². The predicted octanol–water partition coefficient (Wildman–Crippen LogP) is 4.88. The highest BCUT2D eigenvalue weighted by Crippen LogP contribution is 2.26. The van der Waals surface area contributed by atoms with Crippen LogP contribution in [0.5, 0.6) is 0 Å². The van der Waals surface area contributed by atoms with Gasteiger partial charge >= 0.3 is 0 Å². The van der Waals surface area contributed by atoms with Gasteiger partial charge in [0.05, 0.1) is 11.6 Å². The average molecular weight is 461 g/mol. The topological polar surface area (TPSA) is 57.2 Å². The van der Waals surface area contributed by atoms with E-state index in [2.05, 4.69) is 43.9 Å². The molecule has 0 spiro atoms. The SMILES string of the molecule is CC(C)C1CN(c2nc(Cl)cc(Cl)n2)CCN1C(=S)Nc1cccc2ncccc12. The Balaban J connectivity index is 1.54. The molecule has 0 radical (unpaired) electrons. The molecule has 4 rings (SSSR count). The lowest BCUT2D eigenvalue weighted by atomic mass is 10.00. The molecule has 3 aromatic rings. The minimum atomic E-state index is 0.188. The Morgan fingerprint density at radius 3 is 2.63 bits per heavy atom. The minimum Gasteiger partial charge on any atom is -0.342 e. The number of pyridine rings is 1. The van der Waals surface area contributed by atoms with Gasteiger partial charge in [0.15, 0.2) is 5.11 Å². The van der Waals surface area contributed by atoms with Crippen molar-refractivity contribution >= 4 is 63.1 Å². The van der Waals surface area contributed by atoms with E-state index < -0.39 is 0 Å². The Kier molecular flexibility index (Phi) is 6.22. The van der Waals surface area contributed by atoms with E-state index in [9.17, 15) is 0 Å². The quantitative estimate of drug-likeness (QED) is 0.441. The number of thiocarbonyl (C=S) groups is 1. The Morgan fingerprint density at radius 2 is 1.90 bits per heavy atom.